The van der Waals surface area contributed by atoms with Crippen LogP contribution in [0.2, 0.25) is 19.6 Å². The molecule has 0 aromatic rings. The Labute approximate surface area is 149 Å². The topological polar surface area (TPSA) is 40.5 Å². The van der Waals surface area contributed by atoms with Gasteiger partial charge in [0.1, 0.15) is 13.7 Å². The highest BCUT2D eigenvalue weighted by molar-refractivity contribution is 6.83. The van der Waals surface area contributed by atoms with Crippen molar-refractivity contribution < 1.29 is 10.2 Å². The van der Waals surface area contributed by atoms with Gasteiger partial charge in [0.2, 0.25) is 0 Å². The van der Waals surface area contributed by atoms with E-state index in [-0.39, 0.29) is 23.2 Å². The summed E-state index contributed by atoms with van der Waals surface area (Å²) in [4.78, 5) is 0. The van der Waals surface area contributed by atoms with E-state index in [1.165, 1.54) is 0 Å². The van der Waals surface area contributed by atoms with E-state index in [1.807, 2.05) is 6.92 Å². The van der Waals surface area contributed by atoms with E-state index in [0.29, 0.717) is 11.8 Å². The lowest BCUT2D eigenvalue weighted by Crippen LogP contribution is -2.53. The van der Waals surface area contributed by atoms with Crippen LogP contribution in [0.1, 0.15) is 34.1 Å². The zero-order valence-corrected chi connectivity index (χ0v) is 17.4. The van der Waals surface area contributed by atoms with Gasteiger partial charge in [0.25, 0.3) is 0 Å². The van der Waals surface area contributed by atoms with Gasteiger partial charge in [0.05, 0.1) is 6.10 Å². The molecule has 0 saturated heterocycles. The lowest BCUT2D eigenvalue weighted by molar-refractivity contribution is -0.104. The SMILES string of the molecule is C=C=C[C@@H](C)[C@@H](O)[C@H]1C2[C@@H](C[C@@H](C)[C@]1(O)C#C[Si](C)(C)C)C2(C)C. The van der Waals surface area contributed by atoms with Gasteiger partial charge in [-0.25, -0.2) is 0 Å². The van der Waals surface area contributed by atoms with Gasteiger partial charge >= 0.3 is 0 Å². The molecule has 0 amide bonds. The van der Waals surface area contributed by atoms with Crippen molar-refractivity contribution in [1.82, 2.24) is 0 Å². The average molecular weight is 347 g/mol. The molecule has 2 fully saturated rings. The van der Waals surface area contributed by atoms with Gasteiger partial charge in [0.15, 0.2) is 0 Å². The van der Waals surface area contributed by atoms with Crippen LogP contribution in [-0.4, -0.2) is 30.0 Å². The summed E-state index contributed by atoms with van der Waals surface area (Å²) in [7, 11) is -1.60. The highest BCUT2D eigenvalue weighted by atomic mass is 28.3. The third-order valence-electron chi connectivity index (χ3n) is 6.32. The molecule has 2 saturated carbocycles. The number of aliphatic hydroxyl groups is 2. The Morgan fingerprint density at radius 2 is 1.88 bits per heavy atom. The number of aliphatic hydroxyl groups excluding tert-OH is 1. The highest BCUT2D eigenvalue weighted by Crippen LogP contribution is 2.70. The Hall–Kier alpha value is -0.783. The normalized spacial score (nSPS) is 39.5. The Morgan fingerprint density at radius 3 is 2.38 bits per heavy atom. The van der Waals surface area contributed by atoms with Gasteiger partial charge in [-0.3, -0.25) is 0 Å². The molecule has 24 heavy (non-hydrogen) atoms. The van der Waals surface area contributed by atoms with Crippen LogP contribution < -0.4 is 0 Å². The summed E-state index contributed by atoms with van der Waals surface area (Å²) in [5, 5.41) is 22.7. The summed E-state index contributed by atoms with van der Waals surface area (Å²) < 4.78 is 0. The molecule has 0 aromatic carbocycles. The van der Waals surface area contributed by atoms with Crippen LogP contribution in [0.25, 0.3) is 0 Å². The molecule has 0 aromatic heterocycles. The summed E-state index contributed by atoms with van der Waals surface area (Å²) in [6, 6.07) is 0. The van der Waals surface area contributed by atoms with Gasteiger partial charge in [0, 0.05) is 11.8 Å². The summed E-state index contributed by atoms with van der Waals surface area (Å²) in [5.74, 6) is 3.93. The third kappa shape index (κ3) is 3.31. The maximum absolute atomic E-state index is 11.6. The number of hydrogen-bond donors (Lipinski definition) is 2. The number of rotatable bonds is 3. The van der Waals surface area contributed by atoms with Crippen LogP contribution in [0, 0.1) is 46.5 Å². The average Bonchev–Trinajstić information content (AvgIpc) is 2.97. The zero-order chi connectivity index (χ0) is 18.5. The highest BCUT2D eigenvalue weighted by Gasteiger charge is 2.70. The fourth-order valence-corrected chi connectivity index (χ4v) is 5.27. The molecule has 0 heterocycles. The second-order valence-electron chi connectivity index (χ2n) is 9.66. The predicted octanol–water partition coefficient (Wildman–Crippen LogP) is 3.86. The molecule has 2 N–H and O–H groups in total. The van der Waals surface area contributed by atoms with Gasteiger partial charge in [-0.15, -0.1) is 11.3 Å². The Bertz CT molecular complexity index is 600. The minimum absolute atomic E-state index is 0.0731. The lowest BCUT2D eigenvalue weighted by Gasteiger charge is -2.44. The summed E-state index contributed by atoms with van der Waals surface area (Å²) in [5.41, 5.74) is 5.22. The molecule has 3 heteroatoms. The van der Waals surface area contributed by atoms with Crippen LogP contribution in [0.5, 0.6) is 0 Å². The second kappa shape index (κ2) is 6.18. The van der Waals surface area contributed by atoms with E-state index in [9.17, 15) is 10.2 Å². The summed E-state index contributed by atoms with van der Waals surface area (Å²) in [6.07, 6.45) is 2.17. The molecule has 0 aliphatic heterocycles. The molecule has 2 nitrogen and oxygen atoms in total. The van der Waals surface area contributed by atoms with E-state index in [1.54, 1.807) is 6.08 Å². The van der Waals surface area contributed by atoms with E-state index in [4.69, 9.17) is 0 Å². The standard InChI is InChI=1S/C21H34O2Si/c1-9-10-14(2)19(22)18-17-16(20(17,4)5)13-15(3)21(18,23)11-12-24(6,7)8/h10,14-19,22-23H,1,13H2,2-8H3/t14-,15-,16-,17?,18-,19-,21-/m1/s1. The first-order valence-electron chi connectivity index (χ1n) is 9.17. The molecule has 0 radical (unpaired) electrons. The zero-order valence-electron chi connectivity index (χ0n) is 16.4. The van der Waals surface area contributed by atoms with Crippen LogP contribution in [0.3, 0.4) is 0 Å². The fraction of sp³-hybridized carbons (Fsp3) is 0.762. The lowest BCUT2D eigenvalue weighted by atomic mass is 9.65. The van der Waals surface area contributed by atoms with Crippen LogP contribution >= 0.6 is 0 Å². The van der Waals surface area contributed by atoms with Crippen molar-refractivity contribution in [2.75, 3.05) is 0 Å². The number of hydrogen-bond acceptors (Lipinski definition) is 2. The third-order valence-corrected chi connectivity index (χ3v) is 7.19. The first-order chi connectivity index (χ1) is 10.9. The number of fused-ring (bicyclic) bond motifs is 1. The van der Waals surface area contributed by atoms with Crippen molar-refractivity contribution in [1.29, 1.82) is 0 Å². The molecule has 2 rings (SSSR count). The fourth-order valence-electron chi connectivity index (χ4n) is 4.69. The van der Waals surface area contributed by atoms with Crippen molar-refractivity contribution in [3.8, 4) is 11.5 Å². The maximum atomic E-state index is 11.6. The Kier molecular flexibility index (Phi) is 5.03. The Morgan fingerprint density at radius 1 is 1.29 bits per heavy atom. The van der Waals surface area contributed by atoms with Crippen molar-refractivity contribution in [3.63, 3.8) is 0 Å². The minimum Gasteiger partial charge on any atom is -0.392 e. The summed E-state index contributed by atoms with van der Waals surface area (Å²) in [6.45, 7) is 18.8. The van der Waals surface area contributed by atoms with E-state index >= 15 is 0 Å². The van der Waals surface area contributed by atoms with E-state index < -0.39 is 19.8 Å². The van der Waals surface area contributed by atoms with Crippen LogP contribution in [-0.2, 0) is 0 Å². The molecule has 0 spiro atoms. The summed E-state index contributed by atoms with van der Waals surface area (Å²) >= 11 is 0. The Balaban J connectivity index is 2.48. The van der Waals surface area contributed by atoms with Crippen molar-refractivity contribution >= 4 is 8.07 Å². The molecule has 134 valence electrons. The first-order valence-corrected chi connectivity index (χ1v) is 12.7. The van der Waals surface area contributed by atoms with Crippen molar-refractivity contribution in [3.05, 3.63) is 18.4 Å². The molecule has 2 aliphatic rings. The minimum atomic E-state index is -1.60. The molecule has 1 unspecified atom stereocenters. The molecule has 7 atom stereocenters. The maximum Gasteiger partial charge on any atom is 0.133 e. The van der Waals surface area contributed by atoms with Gasteiger partial charge in [-0.2, -0.15) is 0 Å². The van der Waals surface area contributed by atoms with Crippen molar-refractivity contribution in [2.45, 2.75) is 65.5 Å². The molecule has 2 aliphatic carbocycles. The second-order valence-corrected chi connectivity index (χ2v) is 14.4. The van der Waals surface area contributed by atoms with E-state index in [0.717, 1.165) is 6.42 Å². The van der Waals surface area contributed by atoms with Crippen LogP contribution in [0.15, 0.2) is 18.4 Å². The molecule has 0 bridgehead atoms. The first kappa shape index (κ1) is 19.5. The largest absolute Gasteiger partial charge is 0.392 e. The van der Waals surface area contributed by atoms with Gasteiger partial charge in [-0.05, 0) is 35.7 Å². The van der Waals surface area contributed by atoms with E-state index in [2.05, 4.69) is 64.2 Å². The monoisotopic (exact) mass is 346 g/mol. The van der Waals surface area contributed by atoms with Gasteiger partial charge < -0.3 is 10.2 Å². The smallest absolute Gasteiger partial charge is 0.133 e. The van der Waals surface area contributed by atoms with Gasteiger partial charge in [-0.1, -0.05) is 59.8 Å². The quantitative estimate of drug-likeness (QED) is 0.463. The van der Waals surface area contributed by atoms with Crippen molar-refractivity contribution in [2.24, 2.45) is 35.0 Å². The van der Waals surface area contributed by atoms with Crippen LogP contribution in [0.4, 0.5) is 0 Å². The predicted molar refractivity (Wildman–Crippen MR) is 103 cm³/mol. The molecular weight excluding hydrogens is 312 g/mol. The molecular formula is C21H34O2Si.